The molecule has 178 valence electrons. The van der Waals surface area contributed by atoms with Crippen molar-refractivity contribution in [3.63, 3.8) is 0 Å². The topological polar surface area (TPSA) is 146 Å². The monoisotopic (exact) mass is 471 g/mol. The summed E-state index contributed by atoms with van der Waals surface area (Å²) in [4.78, 5) is 39.9. The minimum atomic E-state index is -0.933. The molecule has 3 aromatic rings. The molecule has 9 nitrogen and oxygen atoms in total. The Balaban J connectivity index is 1.53. The van der Waals surface area contributed by atoms with Gasteiger partial charge in [-0.1, -0.05) is 11.8 Å². The highest BCUT2D eigenvalue weighted by Gasteiger charge is 2.18. The van der Waals surface area contributed by atoms with Gasteiger partial charge in [0, 0.05) is 41.3 Å². The molecule has 0 bridgehead atoms. The van der Waals surface area contributed by atoms with Crippen LogP contribution in [0.25, 0.3) is 0 Å². The van der Waals surface area contributed by atoms with Crippen LogP contribution in [0.5, 0.6) is 0 Å². The van der Waals surface area contributed by atoms with Crippen LogP contribution in [0.1, 0.15) is 21.5 Å². The molecular formula is C26H25N5O4. The fraction of sp³-hybridized carbons (Fsp3) is 0.154. The van der Waals surface area contributed by atoms with E-state index in [-0.39, 0.29) is 19.0 Å². The van der Waals surface area contributed by atoms with Crippen molar-refractivity contribution in [1.29, 1.82) is 0 Å². The number of ketones is 1. The predicted octanol–water partition coefficient (Wildman–Crippen LogP) is 1.15. The molecule has 2 aromatic carbocycles. The van der Waals surface area contributed by atoms with E-state index in [1.165, 1.54) is 0 Å². The molecule has 1 atom stereocenters. The molecule has 0 aliphatic carbocycles. The Kier molecular flexibility index (Phi) is 9.07. The molecule has 9 heteroatoms. The first-order chi connectivity index (χ1) is 17.0. The number of nitrogens with one attached hydrogen (secondary N) is 3. The second kappa shape index (κ2) is 12.6. The maximum Gasteiger partial charge on any atom is 0.251 e. The lowest BCUT2D eigenvalue weighted by molar-refractivity contribution is -0.123. The predicted molar refractivity (Wildman–Crippen MR) is 133 cm³/mol. The van der Waals surface area contributed by atoms with Gasteiger partial charge in [0.05, 0.1) is 12.2 Å². The van der Waals surface area contributed by atoms with Gasteiger partial charge in [-0.15, -0.1) is 0 Å². The van der Waals surface area contributed by atoms with E-state index in [1.54, 1.807) is 67.0 Å². The summed E-state index contributed by atoms with van der Waals surface area (Å²) in [6.07, 6.45) is 3.30. The van der Waals surface area contributed by atoms with Crippen LogP contribution in [-0.2, 0) is 9.59 Å². The zero-order chi connectivity index (χ0) is 25.0. The molecule has 1 aromatic heterocycles. The van der Waals surface area contributed by atoms with Crippen molar-refractivity contribution in [2.24, 2.45) is 5.73 Å². The van der Waals surface area contributed by atoms with E-state index >= 15 is 0 Å². The van der Waals surface area contributed by atoms with Crippen LogP contribution in [0.3, 0.4) is 0 Å². The van der Waals surface area contributed by atoms with E-state index in [4.69, 9.17) is 10.8 Å². The van der Waals surface area contributed by atoms with Crippen LogP contribution in [0.2, 0.25) is 0 Å². The molecule has 2 amide bonds. The smallest absolute Gasteiger partial charge is 0.251 e. The summed E-state index contributed by atoms with van der Waals surface area (Å²) < 4.78 is 0. The SMILES string of the molecule is NC[C@H](NC(=O)c1ccc(C#Cc2ccc(NC(=O)CNc3cccnc3)cc2)cc1)C(=O)CO. The number of pyridine rings is 1. The van der Waals surface area contributed by atoms with Crippen molar-refractivity contribution >= 4 is 29.0 Å². The number of carbonyl (C=O) groups is 3. The van der Waals surface area contributed by atoms with E-state index in [0.717, 1.165) is 11.3 Å². The molecule has 0 fully saturated rings. The van der Waals surface area contributed by atoms with Crippen LogP contribution in [0, 0.1) is 11.8 Å². The second-order valence-electron chi connectivity index (χ2n) is 7.43. The largest absolute Gasteiger partial charge is 0.388 e. The van der Waals surface area contributed by atoms with Gasteiger partial charge in [0.15, 0.2) is 5.78 Å². The van der Waals surface area contributed by atoms with Gasteiger partial charge in [0.2, 0.25) is 5.91 Å². The molecule has 0 saturated heterocycles. The number of hydrogen-bond acceptors (Lipinski definition) is 7. The van der Waals surface area contributed by atoms with Crippen LogP contribution in [0.4, 0.5) is 11.4 Å². The number of aliphatic hydroxyl groups is 1. The first kappa shape index (κ1) is 25.1. The number of Topliss-reactive ketones (excluding diaryl/α,β-unsaturated/α-hetero) is 1. The van der Waals surface area contributed by atoms with Gasteiger partial charge in [-0.3, -0.25) is 19.4 Å². The van der Waals surface area contributed by atoms with Crippen molar-refractivity contribution < 1.29 is 19.5 Å². The maximum atomic E-state index is 12.3. The van der Waals surface area contributed by atoms with Crippen molar-refractivity contribution in [1.82, 2.24) is 10.3 Å². The lowest BCUT2D eigenvalue weighted by Crippen LogP contribution is -2.46. The van der Waals surface area contributed by atoms with E-state index in [9.17, 15) is 14.4 Å². The Bertz CT molecular complexity index is 1220. The number of carbonyl (C=O) groups excluding carboxylic acids is 3. The van der Waals surface area contributed by atoms with Crippen LogP contribution >= 0.6 is 0 Å². The van der Waals surface area contributed by atoms with Gasteiger partial charge in [-0.25, -0.2) is 0 Å². The number of anilines is 2. The molecule has 6 N–H and O–H groups in total. The third kappa shape index (κ3) is 7.78. The summed E-state index contributed by atoms with van der Waals surface area (Å²) in [6.45, 7) is -0.668. The molecular weight excluding hydrogens is 446 g/mol. The Morgan fingerprint density at radius 1 is 0.943 bits per heavy atom. The molecule has 0 aliphatic heterocycles. The van der Waals surface area contributed by atoms with E-state index in [2.05, 4.69) is 32.8 Å². The molecule has 0 radical (unpaired) electrons. The van der Waals surface area contributed by atoms with Crippen molar-refractivity contribution in [3.8, 4) is 11.8 Å². The summed E-state index contributed by atoms with van der Waals surface area (Å²) in [6, 6.07) is 16.4. The first-order valence-electron chi connectivity index (χ1n) is 10.8. The number of benzene rings is 2. The zero-order valence-corrected chi connectivity index (χ0v) is 18.8. The van der Waals surface area contributed by atoms with E-state index in [1.807, 2.05) is 6.07 Å². The third-order valence-corrected chi connectivity index (χ3v) is 4.87. The summed E-state index contributed by atoms with van der Waals surface area (Å²) >= 11 is 0. The molecule has 1 heterocycles. The lowest BCUT2D eigenvalue weighted by atomic mass is 10.1. The zero-order valence-electron chi connectivity index (χ0n) is 18.8. The number of hydrogen-bond donors (Lipinski definition) is 5. The fourth-order valence-corrected chi connectivity index (χ4v) is 2.96. The quantitative estimate of drug-likeness (QED) is 0.294. The average molecular weight is 472 g/mol. The van der Waals surface area contributed by atoms with Crippen LogP contribution in [-0.4, -0.2) is 53.4 Å². The highest BCUT2D eigenvalue weighted by atomic mass is 16.3. The third-order valence-electron chi connectivity index (χ3n) is 4.87. The van der Waals surface area contributed by atoms with Crippen molar-refractivity contribution in [2.45, 2.75) is 6.04 Å². The second-order valence-corrected chi connectivity index (χ2v) is 7.43. The van der Waals surface area contributed by atoms with Crippen LogP contribution in [0.15, 0.2) is 73.1 Å². The first-order valence-corrected chi connectivity index (χ1v) is 10.8. The van der Waals surface area contributed by atoms with Crippen LogP contribution < -0.4 is 21.7 Å². The number of rotatable bonds is 9. The Morgan fingerprint density at radius 3 is 2.17 bits per heavy atom. The number of amides is 2. The number of aromatic nitrogens is 1. The Morgan fingerprint density at radius 2 is 1.60 bits per heavy atom. The molecule has 0 saturated carbocycles. The minimum Gasteiger partial charge on any atom is -0.388 e. The van der Waals surface area contributed by atoms with Gasteiger partial charge in [0.1, 0.15) is 12.6 Å². The van der Waals surface area contributed by atoms with Gasteiger partial charge < -0.3 is 26.8 Å². The minimum absolute atomic E-state index is 0.0978. The normalized spacial score (nSPS) is 10.9. The molecule has 35 heavy (non-hydrogen) atoms. The molecule has 0 unspecified atom stereocenters. The van der Waals surface area contributed by atoms with Gasteiger partial charge in [0.25, 0.3) is 5.91 Å². The summed E-state index contributed by atoms with van der Waals surface area (Å²) in [7, 11) is 0. The van der Waals surface area contributed by atoms with E-state index < -0.39 is 24.3 Å². The summed E-state index contributed by atoms with van der Waals surface area (Å²) in [5.41, 5.74) is 8.69. The standard InChI is InChI=1S/C26H25N5O4/c27-14-23(24(33)17-32)31-26(35)20-9-5-18(6-10-20)3-4-19-7-11-21(12-8-19)30-25(34)16-29-22-2-1-13-28-15-22/h1-2,5-13,15,23,29,32H,14,16-17,27H2,(H,30,34)(H,31,35)/t23-/m0/s1. The highest BCUT2D eigenvalue weighted by molar-refractivity contribution is 5.98. The van der Waals surface area contributed by atoms with E-state index in [0.29, 0.717) is 16.8 Å². The van der Waals surface area contributed by atoms with Gasteiger partial charge >= 0.3 is 0 Å². The van der Waals surface area contributed by atoms with Gasteiger partial charge in [-0.05, 0) is 60.7 Å². The summed E-state index contributed by atoms with van der Waals surface area (Å²) in [5.74, 6) is 4.85. The average Bonchev–Trinajstić information content (AvgIpc) is 2.90. The molecule has 0 spiro atoms. The Labute approximate surface area is 202 Å². The van der Waals surface area contributed by atoms with Gasteiger partial charge in [-0.2, -0.15) is 0 Å². The highest BCUT2D eigenvalue weighted by Crippen LogP contribution is 2.10. The number of nitrogens with zero attached hydrogens (tertiary/aromatic N) is 1. The van der Waals surface area contributed by atoms with Crippen molar-refractivity contribution in [2.75, 3.05) is 30.3 Å². The fourth-order valence-electron chi connectivity index (χ4n) is 2.96. The summed E-state index contributed by atoms with van der Waals surface area (Å²) in [5, 5.41) is 17.2. The lowest BCUT2D eigenvalue weighted by Gasteiger charge is -2.14. The Hall–Kier alpha value is -4.52. The van der Waals surface area contributed by atoms with Crippen molar-refractivity contribution in [3.05, 3.63) is 89.7 Å². The maximum absolute atomic E-state index is 12.3. The number of aliphatic hydroxyl groups excluding tert-OH is 1. The number of nitrogens with two attached hydrogens (primary N) is 1. The molecule has 3 rings (SSSR count). The molecule has 0 aliphatic rings.